The topological polar surface area (TPSA) is 79.2 Å². The van der Waals surface area contributed by atoms with Gasteiger partial charge in [0.05, 0.1) is 0 Å². The Labute approximate surface area is 189 Å². The minimum atomic E-state index is -2.31. The average Bonchev–Trinajstić information content (AvgIpc) is 2.68. The second kappa shape index (κ2) is 10.9. The molecular weight excluding hydrogens is 503 g/mol. The first-order valence-corrected chi connectivity index (χ1v) is 20.4. The summed E-state index contributed by atoms with van der Waals surface area (Å²) in [5.74, 6) is -0.883. The fourth-order valence-electron chi connectivity index (χ4n) is 2.55. The maximum Gasteiger partial charge on any atom is -0.0215 e. The number of thiol groups is 1. The summed E-state index contributed by atoms with van der Waals surface area (Å²) in [5, 5.41) is 11.9. The smallest absolute Gasteiger partial charge is 0.0215 e. The first kappa shape index (κ1) is 26.1. The van der Waals surface area contributed by atoms with Crippen LogP contribution in [0.1, 0.15) is 47.1 Å². The third kappa shape index (κ3) is 7.69. The van der Waals surface area contributed by atoms with Gasteiger partial charge in [0.2, 0.25) is 0 Å². The van der Waals surface area contributed by atoms with Crippen molar-refractivity contribution in [1.29, 1.82) is 5.26 Å². The van der Waals surface area contributed by atoms with E-state index in [9.17, 15) is 9.59 Å². The van der Waals surface area contributed by atoms with Crippen molar-refractivity contribution in [3.8, 4) is 6.07 Å². The zero-order chi connectivity index (χ0) is 23.1. The van der Waals surface area contributed by atoms with Crippen LogP contribution in [-0.4, -0.2) is 42.1 Å². The van der Waals surface area contributed by atoms with Crippen LogP contribution in [0.2, 0.25) is 14.8 Å². The van der Waals surface area contributed by atoms with Crippen molar-refractivity contribution >= 4 is 52.1 Å². The molecule has 0 spiro atoms. The molecule has 2 rings (SSSR count). The molecule has 1 amide bonds. The molecule has 0 aliphatic rings. The number of carbonyl (C=O) groups is 2. The van der Waals surface area contributed by atoms with Gasteiger partial charge in [-0.3, -0.25) is 0 Å². The predicted octanol–water partition coefficient (Wildman–Crippen LogP) is 4.86. The molecule has 160 valence electrons. The second-order valence-electron chi connectivity index (χ2n) is 8.66. The number of amides is 1. The van der Waals surface area contributed by atoms with Crippen molar-refractivity contribution in [2.75, 3.05) is 11.6 Å². The maximum atomic E-state index is 12.8. The summed E-state index contributed by atoms with van der Waals surface area (Å²) in [7, 11) is 0. The van der Waals surface area contributed by atoms with Gasteiger partial charge in [0.25, 0.3) is 0 Å². The molecule has 0 radical (unpaired) electrons. The maximum absolute atomic E-state index is 12.8. The SMILES string of the molecule is CC(C)(C)OC(=O)c1cc(C#N)ccc1NC(=O)c1ccc[c]([Sn]([CH3])([CH3])[CH3])c1.CS. The second-order valence-corrected chi connectivity index (χ2v) is 23.2. The number of anilines is 1. The number of ether oxygens (including phenoxy) is 1. The van der Waals surface area contributed by atoms with Crippen LogP contribution in [0.4, 0.5) is 5.69 Å². The van der Waals surface area contributed by atoms with Gasteiger partial charge < -0.3 is 0 Å². The van der Waals surface area contributed by atoms with Gasteiger partial charge in [-0.05, 0) is 6.26 Å². The van der Waals surface area contributed by atoms with Crippen LogP contribution in [-0.2, 0) is 4.74 Å². The minimum Gasteiger partial charge on any atom is -0.183 e. The third-order valence-corrected chi connectivity index (χ3v) is 9.84. The van der Waals surface area contributed by atoms with Gasteiger partial charge in [-0.15, -0.1) is 0 Å². The van der Waals surface area contributed by atoms with E-state index in [1.807, 2.05) is 18.2 Å². The van der Waals surface area contributed by atoms with Crippen LogP contribution in [0.25, 0.3) is 0 Å². The van der Waals surface area contributed by atoms with Crippen molar-refractivity contribution < 1.29 is 14.3 Å². The molecule has 0 aliphatic heterocycles. The van der Waals surface area contributed by atoms with Gasteiger partial charge in [0, 0.05) is 0 Å². The zero-order valence-electron chi connectivity index (χ0n) is 18.7. The summed E-state index contributed by atoms with van der Waals surface area (Å²) in [5.41, 5.74) is 0.664. The number of nitrogens with zero attached hydrogens (tertiary/aromatic N) is 1. The standard InChI is InChI=1S/C19H17N2O3.CH4S.3CH3.Sn/c1-19(2,3)24-18(23)15-11-13(12-20)9-10-16(15)21-17(22)14-7-5-4-6-8-14;1-2;;;;/h4-5,7-11H,1-3H3,(H,21,22);2H,1H3;3*1H3;. The minimum absolute atomic E-state index is 0.161. The molecule has 1 N–H and O–H groups in total. The summed E-state index contributed by atoms with van der Waals surface area (Å²) >= 11 is 1.21. The number of benzene rings is 2. The van der Waals surface area contributed by atoms with E-state index in [4.69, 9.17) is 10.00 Å². The molecule has 0 fully saturated rings. The van der Waals surface area contributed by atoms with E-state index >= 15 is 0 Å². The number of hydrogen-bond acceptors (Lipinski definition) is 5. The van der Waals surface area contributed by atoms with Crippen LogP contribution >= 0.6 is 12.6 Å². The fourth-order valence-corrected chi connectivity index (χ4v) is 5.93. The average molecular weight is 533 g/mol. The molecule has 0 aromatic heterocycles. The Morgan fingerprint density at radius 2 is 1.70 bits per heavy atom. The monoisotopic (exact) mass is 534 g/mol. The van der Waals surface area contributed by atoms with E-state index in [1.165, 1.54) is 9.65 Å². The Kier molecular flexibility index (Phi) is 9.44. The Hall–Kier alpha value is -1.98. The number of rotatable bonds is 4. The van der Waals surface area contributed by atoms with Crippen molar-refractivity contribution in [2.24, 2.45) is 0 Å². The Bertz CT molecular complexity index is 954. The molecule has 0 atom stereocenters. The van der Waals surface area contributed by atoms with Crippen LogP contribution in [0.15, 0.2) is 42.5 Å². The molecule has 0 heterocycles. The molecule has 0 saturated heterocycles. The number of hydrogen-bond donors (Lipinski definition) is 2. The normalized spacial score (nSPS) is 10.9. The number of carbonyl (C=O) groups excluding carboxylic acids is 2. The summed E-state index contributed by atoms with van der Waals surface area (Å²) < 4.78 is 6.67. The summed E-state index contributed by atoms with van der Waals surface area (Å²) in [6.45, 7) is 5.30. The third-order valence-electron chi connectivity index (χ3n) is 4.01. The van der Waals surface area contributed by atoms with E-state index in [2.05, 4.69) is 38.8 Å². The zero-order valence-corrected chi connectivity index (χ0v) is 22.4. The van der Waals surface area contributed by atoms with Crippen LogP contribution in [0.3, 0.4) is 0 Å². The quantitative estimate of drug-likeness (QED) is 0.335. The Balaban J connectivity index is 0.00000218. The molecule has 7 heteroatoms. The molecule has 0 saturated carbocycles. The molecular formula is C23H30N2O3SSn. The van der Waals surface area contributed by atoms with Crippen LogP contribution < -0.4 is 8.90 Å². The molecule has 2 aromatic carbocycles. The van der Waals surface area contributed by atoms with E-state index in [0.717, 1.165) is 0 Å². The molecule has 0 unspecified atom stereocenters. The molecule has 0 bridgehead atoms. The van der Waals surface area contributed by atoms with Gasteiger partial charge in [-0.1, -0.05) is 0 Å². The summed E-state index contributed by atoms with van der Waals surface area (Å²) in [4.78, 5) is 32.2. The van der Waals surface area contributed by atoms with Gasteiger partial charge >= 0.3 is 171 Å². The van der Waals surface area contributed by atoms with Crippen molar-refractivity contribution in [3.63, 3.8) is 0 Å². The van der Waals surface area contributed by atoms with Gasteiger partial charge in [-0.2, -0.15) is 12.6 Å². The van der Waals surface area contributed by atoms with Crippen molar-refractivity contribution in [3.05, 3.63) is 59.2 Å². The first-order valence-electron chi connectivity index (χ1n) is 9.55. The van der Waals surface area contributed by atoms with Crippen LogP contribution in [0.5, 0.6) is 0 Å². The molecule has 2 aromatic rings. The van der Waals surface area contributed by atoms with Gasteiger partial charge in [0.15, 0.2) is 0 Å². The van der Waals surface area contributed by atoms with E-state index in [1.54, 1.807) is 45.2 Å². The van der Waals surface area contributed by atoms with E-state index in [0.29, 0.717) is 16.8 Å². The Morgan fingerprint density at radius 1 is 1.07 bits per heavy atom. The number of nitrogens with one attached hydrogen (secondary N) is 1. The fraction of sp³-hybridized carbons (Fsp3) is 0.348. The van der Waals surface area contributed by atoms with Crippen LogP contribution in [0, 0.1) is 11.3 Å². The molecule has 0 aliphatic carbocycles. The Morgan fingerprint density at radius 3 is 2.23 bits per heavy atom. The van der Waals surface area contributed by atoms with E-state index in [-0.39, 0.29) is 11.5 Å². The number of esters is 1. The largest absolute Gasteiger partial charge is 0.183 e. The molecule has 5 nitrogen and oxygen atoms in total. The van der Waals surface area contributed by atoms with Gasteiger partial charge in [0.1, 0.15) is 0 Å². The summed E-state index contributed by atoms with van der Waals surface area (Å²) in [6.07, 6.45) is 1.69. The number of nitriles is 1. The van der Waals surface area contributed by atoms with Crippen molar-refractivity contribution in [2.45, 2.75) is 41.2 Å². The van der Waals surface area contributed by atoms with E-state index < -0.39 is 29.9 Å². The first-order chi connectivity index (χ1) is 13.9. The predicted molar refractivity (Wildman–Crippen MR) is 129 cm³/mol. The van der Waals surface area contributed by atoms with Crippen molar-refractivity contribution in [1.82, 2.24) is 0 Å². The van der Waals surface area contributed by atoms with Gasteiger partial charge in [-0.25, -0.2) is 0 Å². The summed E-state index contributed by atoms with van der Waals surface area (Å²) in [6, 6.07) is 14.2. The molecule has 30 heavy (non-hydrogen) atoms.